The first kappa shape index (κ1) is 16.8. The van der Waals surface area contributed by atoms with Crippen LogP contribution in [0.1, 0.15) is 47.5 Å². The standard InChI is InChI=1S/C7H12.2C2H6/c1-4-5-6-7(2)3;2*1-2/h4H,1-2,5-6H2,3H3;2*1-2H3. The lowest BCUT2D eigenvalue weighted by atomic mass is 10.2. The Kier molecular flexibility index (Phi) is 34.7. The zero-order chi connectivity index (χ0) is 9.70. The minimum Gasteiger partial charge on any atom is -0.103 e. The Labute approximate surface area is 73.0 Å². The van der Waals surface area contributed by atoms with Gasteiger partial charge in [0.15, 0.2) is 0 Å². The van der Waals surface area contributed by atoms with Crippen LogP contribution in [0.4, 0.5) is 0 Å². The summed E-state index contributed by atoms with van der Waals surface area (Å²) in [6.45, 7) is 17.4. The van der Waals surface area contributed by atoms with Crippen molar-refractivity contribution in [2.75, 3.05) is 0 Å². The molecule has 0 spiro atoms. The minimum absolute atomic E-state index is 1.06. The van der Waals surface area contributed by atoms with E-state index in [-0.39, 0.29) is 0 Å². The predicted octanol–water partition coefficient (Wildman–Crippen LogP) is 4.58. The van der Waals surface area contributed by atoms with E-state index in [0.717, 1.165) is 12.8 Å². The van der Waals surface area contributed by atoms with Crippen LogP contribution in [0.15, 0.2) is 24.8 Å². The van der Waals surface area contributed by atoms with Gasteiger partial charge in [-0.1, -0.05) is 39.3 Å². The van der Waals surface area contributed by atoms with Gasteiger partial charge < -0.3 is 0 Å². The van der Waals surface area contributed by atoms with E-state index in [1.54, 1.807) is 0 Å². The van der Waals surface area contributed by atoms with Gasteiger partial charge in [0.05, 0.1) is 0 Å². The first-order valence-electron chi connectivity index (χ1n) is 4.52. The highest BCUT2D eigenvalue weighted by Crippen LogP contribution is 1.98. The second kappa shape index (κ2) is 22.7. The molecule has 0 saturated heterocycles. The minimum atomic E-state index is 1.06. The Balaban J connectivity index is -0.000000138. The summed E-state index contributed by atoms with van der Waals surface area (Å²) >= 11 is 0. The second-order valence-electron chi connectivity index (χ2n) is 1.78. The monoisotopic (exact) mass is 156 g/mol. The van der Waals surface area contributed by atoms with Crippen molar-refractivity contribution in [3.63, 3.8) is 0 Å². The molecule has 0 N–H and O–H groups in total. The van der Waals surface area contributed by atoms with E-state index in [2.05, 4.69) is 13.2 Å². The summed E-state index contributed by atoms with van der Waals surface area (Å²) in [4.78, 5) is 0. The van der Waals surface area contributed by atoms with Crippen LogP contribution in [0.5, 0.6) is 0 Å². The SMILES string of the molecule is C=CCCC(=C)C.CC.CC. The highest BCUT2D eigenvalue weighted by molar-refractivity contribution is 4.89. The second-order valence-corrected chi connectivity index (χ2v) is 1.78. The molecule has 0 aliphatic carbocycles. The van der Waals surface area contributed by atoms with Crippen molar-refractivity contribution in [2.24, 2.45) is 0 Å². The topological polar surface area (TPSA) is 0 Å². The van der Waals surface area contributed by atoms with E-state index >= 15 is 0 Å². The molecule has 0 aromatic carbocycles. The molecule has 68 valence electrons. The fraction of sp³-hybridized carbons (Fsp3) is 0.636. The summed E-state index contributed by atoms with van der Waals surface area (Å²) in [5.74, 6) is 0. The van der Waals surface area contributed by atoms with Gasteiger partial charge in [-0.2, -0.15) is 0 Å². The maximum atomic E-state index is 3.74. The molecule has 0 amide bonds. The third-order valence-electron chi connectivity index (χ3n) is 0.775. The Morgan fingerprint density at radius 1 is 1.18 bits per heavy atom. The molecule has 0 rings (SSSR count). The highest BCUT2D eigenvalue weighted by Gasteiger charge is 1.78. The van der Waals surface area contributed by atoms with Crippen LogP contribution >= 0.6 is 0 Å². The van der Waals surface area contributed by atoms with Crippen LogP contribution in [0.3, 0.4) is 0 Å². The molecule has 0 unspecified atom stereocenters. The molecule has 0 saturated carbocycles. The summed E-state index contributed by atoms with van der Waals surface area (Å²) in [6, 6.07) is 0. The average Bonchev–Trinajstić information content (AvgIpc) is 2.08. The third-order valence-corrected chi connectivity index (χ3v) is 0.775. The van der Waals surface area contributed by atoms with E-state index in [0.29, 0.717) is 0 Å². The zero-order valence-electron chi connectivity index (χ0n) is 8.91. The molecular weight excluding hydrogens is 132 g/mol. The van der Waals surface area contributed by atoms with Gasteiger partial charge >= 0.3 is 0 Å². The van der Waals surface area contributed by atoms with E-state index in [1.165, 1.54) is 5.57 Å². The molecule has 11 heavy (non-hydrogen) atoms. The summed E-state index contributed by atoms with van der Waals surface area (Å²) in [5.41, 5.74) is 1.24. The van der Waals surface area contributed by atoms with Gasteiger partial charge in [-0.15, -0.1) is 13.2 Å². The molecule has 0 aliphatic rings. The van der Waals surface area contributed by atoms with Crippen molar-refractivity contribution in [2.45, 2.75) is 47.5 Å². The van der Waals surface area contributed by atoms with Crippen LogP contribution in [0.25, 0.3) is 0 Å². The maximum absolute atomic E-state index is 3.74. The first-order valence-corrected chi connectivity index (χ1v) is 4.52. The quantitative estimate of drug-likeness (QED) is 0.525. The van der Waals surface area contributed by atoms with Gasteiger partial charge in [-0.05, 0) is 19.8 Å². The Hall–Kier alpha value is -0.520. The van der Waals surface area contributed by atoms with Crippen molar-refractivity contribution >= 4 is 0 Å². The molecule has 0 atom stereocenters. The lowest BCUT2D eigenvalue weighted by molar-refractivity contribution is 0.986. The van der Waals surface area contributed by atoms with Gasteiger partial charge in [0, 0.05) is 0 Å². The van der Waals surface area contributed by atoms with Crippen LogP contribution in [0.2, 0.25) is 0 Å². The van der Waals surface area contributed by atoms with E-state index in [9.17, 15) is 0 Å². The first-order chi connectivity index (χ1) is 5.27. The lowest BCUT2D eigenvalue weighted by Gasteiger charge is -1.88. The van der Waals surface area contributed by atoms with Crippen LogP contribution in [0, 0.1) is 0 Å². The molecule has 0 bridgehead atoms. The van der Waals surface area contributed by atoms with E-state index in [1.807, 2.05) is 40.7 Å². The van der Waals surface area contributed by atoms with Gasteiger partial charge in [-0.25, -0.2) is 0 Å². The third kappa shape index (κ3) is 43.8. The zero-order valence-corrected chi connectivity index (χ0v) is 8.91. The van der Waals surface area contributed by atoms with E-state index in [4.69, 9.17) is 0 Å². The van der Waals surface area contributed by atoms with E-state index < -0.39 is 0 Å². The summed E-state index contributed by atoms with van der Waals surface area (Å²) in [6.07, 6.45) is 4.06. The number of hydrogen-bond acceptors (Lipinski definition) is 0. The fourth-order valence-electron chi connectivity index (χ4n) is 0.348. The number of hydrogen-bond donors (Lipinski definition) is 0. The normalized spacial score (nSPS) is 6.27. The number of rotatable bonds is 3. The van der Waals surface area contributed by atoms with Gasteiger partial charge in [0.1, 0.15) is 0 Å². The average molecular weight is 156 g/mol. The van der Waals surface area contributed by atoms with Gasteiger partial charge in [0.2, 0.25) is 0 Å². The highest BCUT2D eigenvalue weighted by atomic mass is 13.8. The fourth-order valence-corrected chi connectivity index (χ4v) is 0.348. The van der Waals surface area contributed by atoms with Crippen LogP contribution < -0.4 is 0 Å². The van der Waals surface area contributed by atoms with Crippen LogP contribution in [-0.4, -0.2) is 0 Å². The summed E-state index contributed by atoms with van der Waals surface area (Å²) in [5, 5.41) is 0. The van der Waals surface area contributed by atoms with Crippen LogP contribution in [-0.2, 0) is 0 Å². The molecule has 0 heteroatoms. The number of allylic oxidation sites excluding steroid dienone is 2. The smallest absolute Gasteiger partial charge is 0.0291 e. The Morgan fingerprint density at radius 2 is 1.55 bits per heavy atom. The molecule has 0 heterocycles. The Morgan fingerprint density at radius 3 is 1.64 bits per heavy atom. The van der Waals surface area contributed by atoms with Crippen molar-refractivity contribution in [3.8, 4) is 0 Å². The Bertz CT molecular complexity index is 70.1. The van der Waals surface area contributed by atoms with Gasteiger partial charge in [-0.3, -0.25) is 0 Å². The molecule has 0 aliphatic heterocycles. The summed E-state index contributed by atoms with van der Waals surface area (Å²) < 4.78 is 0. The largest absolute Gasteiger partial charge is 0.103 e. The molecule has 0 fully saturated rings. The predicted molar refractivity (Wildman–Crippen MR) is 56.9 cm³/mol. The van der Waals surface area contributed by atoms with Gasteiger partial charge in [0.25, 0.3) is 0 Å². The molecular formula is C11H24. The molecule has 0 radical (unpaired) electrons. The lowest BCUT2D eigenvalue weighted by Crippen LogP contribution is -1.68. The molecule has 0 aromatic heterocycles. The van der Waals surface area contributed by atoms with Crippen molar-refractivity contribution < 1.29 is 0 Å². The van der Waals surface area contributed by atoms with Crippen molar-refractivity contribution in [1.29, 1.82) is 0 Å². The summed E-state index contributed by atoms with van der Waals surface area (Å²) in [7, 11) is 0. The molecule has 0 aromatic rings. The van der Waals surface area contributed by atoms with Crippen molar-refractivity contribution in [1.82, 2.24) is 0 Å². The maximum Gasteiger partial charge on any atom is -0.0291 e. The molecule has 0 nitrogen and oxygen atoms in total. The van der Waals surface area contributed by atoms with Crippen molar-refractivity contribution in [3.05, 3.63) is 24.8 Å².